The van der Waals surface area contributed by atoms with Gasteiger partial charge >= 0.3 is 39.5 Å². The van der Waals surface area contributed by atoms with Gasteiger partial charge < -0.3 is 33.8 Å². The summed E-state index contributed by atoms with van der Waals surface area (Å²) in [7, 11) is -9.91. The van der Waals surface area contributed by atoms with Crippen molar-refractivity contribution >= 4 is 39.5 Å². The summed E-state index contributed by atoms with van der Waals surface area (Å²) in [5.74, 6) is 0.0681. The van der Waals surface area contributed by atoms with Gasteiger partial charge in [0.2, 0.25) is 0 Å². The summed E-state index contributed by atoms with van der Waals surface area (Å²) in [4.78, 5) is 72.6. The van der Waals surface area contributed by atoms with Crippen LogP contribution in [-0.2, 0) is 65.4 Å². The van der Waals surface area contributed by atoms with Crippen molar-refractivity contribution in [1.82, 2.24) is 0 Å². The van der Waals surface area contributed by atoms with E-state index in [0.717, 1.165) is 127 Å². The molecule has 0 aromatic carbocycles. The molecule has 0 aliphatic heterocycles. The summed E-state index contributed by atoms with van der Waals surface area (Å²) in [5, 5.41) is 10.6. The summed E-state index contributed by atoms with van der Waals surface area (Å²) in [6.45, 7) is 11.7. The standard InChI is InChI=1S/C71H134O17P2/c1-8-10-11-12-13-14-15-16-17-18-19-22-31-38-45-52-68(73)81-58-66(87-70(75)54-47-40-33-23-20-21-28-35-42-49-62(3)4)60-85-89(77,78)83-56-65(72)57-84-90(79,80)86-61-67(59-82-69(74)53-46-39-32-26-24-29-36-43-50-63(5)6)88-71(76)55-48-41-34-27-25-30-37-44-51-64(7)9-2/h14-17,62-67,72H,8-13,18-61H2,1-7H3,(H,77,78)(H,79,80)/b15-14-,17-16-/t64?,65?,66-,67-/m1/s1. The maximum Gasteiger partial charge on any atom is 0.472 e. The van der Waals surface area contributed by atoms with E-state index in [4.69, 9.17) is 37.0 Å². The van der Waals surface area contributed by atoms with Gasteiger partial charge in [-0.2, -0.15) is 0 Å². The van der Waals surface area contributed by atoms with Crippen LogP contribution in [0.3, 0.4) is 0 Å². The zero-order valence-corrected chi connectivity index (χ0v) is 59.9. The molecule has 6 atom stereocenters. The highest BCUT2D eigenvalue weighted by Crippen LogP contribution is 2.45. The second kappa shape index (κ2) is 61.4. The number of allylic oxidation sites excluding steroid dienone is 4. The van der Waals surface area contributed by atoms with E-state index in [1.807, 2.05) is 0 Å². The molecule has 0 heterocycles. The van der Waals surface area contributed by atoms with Gasteiger partial charge in [0.25, 0.3) is 0 Å². The number of carbonyl (C=O) groups is 4. The minimum absolute atomic E-state index is 0.0979. The molecule has 0 saturated heterocycles. The number of unbranched alkanes of at least 4 members (excludes halogenated alkanes) is 31. The maximum absolute atomic E-state index is 13.0. The Morgan fingerprint density at radius 1 is 0.367 bits per heavy atom. The van der Waals surface area contributed by atoms with Crippen molar-refractivity contribution in [3.63, 3.8) is 0 Å². The third-order valence-electron chi connectivity index (χ3n) is 16.1. The van der Waals surface area contributed by atoms with Gasteiger partial charge in [-0.25, -0.2) is 9.13 Å². The molecule has 0 fully saturated rings. The van der Waals surface area contributed by atoms with Crippen molar-refractivity contribution in [2.45, 2.75) is 349 Å². The first-order chi connectivity index (χ1) is 43.3. The molecule has 0 bridgehead atoms. The van der Waals surface area contributed by atoms with E-state index < -0.39 is 97.5 Å². The van der Waals surface area contributed by atoms with Gasteiger partial charge in [0.05, 0.1) is 26.4 Å². The molecule has 90 heavy (non-hydrogen) atoms. The first-order valence-corrected chi connectivity index (χ1v) is 39.2. The highest BCUT2D eigenvalue weighted by Gasteiger charge is 2.30. The van der Waals surface area contributed by atoms with E-state index in [-0.39, 0.29) is 25.7 Å². The van der Waals surface area contributed by atoms with Crippen LogP contribution in [0, 0.1) is 17.8 Å². The Morgan fingerprint density at radius 3 is 0.989 bits per heavy atom. The average Bonchev–Trinajstić information content (AvgIpc) is 3.65. The van der Waals surface area contributed by atoms with Gasteiger partial charge in [-0.3, -0.25) is 37.3 Å². The summed E-state index contributed by atoms with van der Waals surface area (Å²) < 4.78 is 68.3. The third kappa shape index (κ3) is 63.0. The van der Waals surface area contributed by atoms with E-state index in [1.165, 1.54) is 122 Å². The predicted molar refractivity (Wildman–Crippen MR) is 363 cm³/mol. The molecule has 0 amide bonds. The van der Waals surface area contributed by atoms with Gasteiger partial charge in [0.1, 0.15) is 19.3 Å². The Hall–Kier alpha value is -2.46. The second-order valence-corrected chi connectivity index (χ2v) is 29.0. The Kier molecular flexibility index (Phi) is 59.7. The van der Waals surface area contributed by atoms with Crippen LogP contribution < -0.4 is 0 Å². The lowest BCUT2D eigenvalue weighted by molar-refractivity contribution is -0.161. The highest BCUT2D eigenvalue weighted by molar-refractivity contribution is 7.47. The van der Waals surface area contributed by atoms with Crippen LogP contribution in [0.25, 0.3) is 0 Å². The number of hydrogen-bond acceptors (Lipinski definition) is 15. The fraction of sp³-hybridized carbons (Fsp3) is 0.887. The molecule has 4 unspecified atom stereocenters. The monoisotopic (exact) mass is 1320 g/mol. The van der Waals surface area contributed by atoms with E-state index in [0.29, 0.717) is 25.7 Å². The van der Waals surface area contributed by atoms with Crippen molar-refractivity contribution in [3.05, 3.63) is 24.3 Å². The van der Waals surface area contributed by atoms with Gasteiger partial charge in [-0.15, -0.1) is 0 Å². The molecule has 0 spiro atoms. The highest BCUT2D eigenvalue weighted by atomic mass is 31.2. The Balaban J connectivity index is 5.29. The normalized spacial score (nSPS) is 14.7. The quantitative estimate of drug-likeness (QED) is 0.0169. The number of hydrogen-bond donors (Lipinski definition) is 3. The number of aliphatic hydroxyl groups is 1. The number of phosphoric ester groups is 2. The molecule has 0 saturated carbocycles. The van der Waals surface area contributed by atoms with Gasteiger partial charge in [-0.1, -0.05) is 278 Å². The number of ether oxygens (including phenoxy) is 4. The van der Waals surface area contributed by atoms with E-state index in [9.17, 15) is 43.2 Å². The third-order valence-corrected chi connectivity index (χ3v) is 18.0. The molecule has 0 aromatic heterocycles. The van der Waals surface area contributed by atoms with Crippen molar-refractivity contribution in [3.8, 4) is 0 Å². The van der Waals surface area contributed by atoms with Crippen molar-refractivity contribution in [1.29, 1.82) is 0 Å². The molecule has 0 rings (SSSR count). The Morgan fingerprint density at radius 2 is 0.656 bits per heavy atom. The van der Waals surface area contributed by atoms with Crippen molar-refractivity contribution in [2.24, 2.45) is 17.8 Å². The zero-order valence-electron chi connectivity index (χ0n) is 58.1. The average molecular weight is 1320 g/mol. The Bertz CT molecular complexity index is 1860. The van der Waals surface area contributed by atoms with E-state index in [1.54, 1.807) is 0 Å². The number of rotatable bonds is 67. The molecular weight excluding hydrogens is 1190 g/mol. The largest absolute Gasteiger partial charge is 0.472 e. The first kappa shape index (κ1) is 87.5. The molecule has 0 aliphatic rings. The first-order valence-electron chi connectivity index (χ1n) is 36.2. The predicted octanol–water partition coefficient (Wildman–Crippen LogP) is 19.8. The maximum atomic E-state index is 13.0. The van der Waals surface area contributed by atoms with E-state index in [2.05, 4.69) is 72.8 Å². The molecule has 3 N–H and O–H groups in total. The zero-order chi connectivity index (χ0) is 66.6. The molecule has 17 nitrogen and oxygen atoms in total. The fourth-order valence-corrected chi connectivity index (χ4v) is 11.7. The summed E-state index contributed by atoms with van der Waals surface area (Å²) in [5.41, 5.74) is 0. The summed E-state index contributed by atoms with van der Waals surface area (Å²) in [6.07, 6.45) is 48.0. The second-order valence-electron chi connectivity index (χ2n) is 26.1. The summed E-state index contributed by atoms with van der Waals surface area (Å²) in [6, 6.07) is 0. The number of phosphoric acid groups is 2. The molecular formula is C71H134O17P2. The van der Waals surface area contributed by atoms with Crippen LogP contribution in [0.2, 0.25) is 0 Å². The molecule has 0 aromatic rings. The molecule has 0 radical (unpaired) electrons. The van der Waals surface area contributed by atoms with Crippen LogP contribution in [0.1, 0.15) is 331 Å². The van der Waals surface area contributed by atoms with Crippen molar-refractivity contribution < 1.29 is 80.2 Å². The minimum atomic E-state index is -4.96. The molecule has 19 heteroatoms. The van der Waals surface area contributed by atoms with Crippen molar-refractivity contribution in [2.75, 3.05) is 39.6 Å². The lowest BCUT2D eigenvalue weighted by atomic mass is 9.99. The Labute approximate surface area is 548 Å². The van der Waals surface area contributed by atoms with E-state index >= 15 is 0 Å². The fourth-order valence-electron chi connectivity index (χ4n) is 10.1. The topological polar surface area (TPSA) is 237 Å². The van der Waals surface area contributed by atoms with Crippen LogP contribution in [0.5, 0.6) is 0 Å². The molecule has 530 valence electrons. The van der Waals surface area contributed by atoms with Gasteiger partial charge in [0, 0.05) is 25.7 Å². The SMILES string of the molecule is CCCCCC/C=C\C=C/CCCCCCCC(=O)OC[C@H](COP(=O)(O)OCC(O)COP(=O)(O)OC[C@@H](COC(=O)CCCCCCCCCCC(C)C)OC(=O)CCCCCCCCCCC(C)CC)OC(=O)CCCCCCCCCCCC(C)C. The lowest BCUT2D eigenvalue weighted by Gasteiger charge is -2.21. The minimum Gasteiger partial charge on any atom is -0.462 e. The number of carbonyl (C=O) groups excluding carboxylic acids is 4. The van der Waals surface area contributed by atoms with Gasteiger partial charge in [-0.05, 0) is 69.1 Å². The van der Waals surface area contributed by atoms with Crippen LogP contribution in [0.15, 0.2) is 24.3 Å². The van der Waals surface area contributed by atoms with Crippen LogP contribution in [0.4, 0.5) is 0 Å². The van der Waals surface area contributed by atoms with Gasteiger partial charge in [0.15, 0.2) is 12.2 Å². The smallest absolute Gasteiger partial charge is 0.462 e. The number of esters is 4. The lowest BCUT2D eigenvalue weighted by Crippen LogP contribution is -2.30. The van der Waals surface area contributed by atoms with Crippen LogP contribution in [-0.4, -0.2) is 96.7 Å². The van der Waals surface area contributed by atoms with Crippen LogP contribution >= 0.6 is 15.6 Å². The summed E-state index contributed by atoms with van der Waals surface area (Å²) >= 11 is 0. The molecule has 0 aliphatic carbocycles. The number of aliphatic hydroxyl groups excluding tert-OH is 1.